The molecule has 28 heavy (non-hydrogen) atoms. The summed E-state index contributed by atoms with van der Waals surface area (Å²) in [6.45, 7) is 2.04. The van der Waals surface area contributed by atoms with Crippen molar-refractivity contribution < 1.29 is 14.3 Å². The summed E-state index contributed by atoms with van der Waals surface area (Å²) >= 11 is 6.09. The lowest BCUT2D eigenvalue weighted by Gasteiger charge is -2.23. The first kappa shape index (κ1) is 19.8. The maximum absolute atomic E-state index is 12.8. The molecule has 0 bridgehead atoms. The maximum Gasteiger partial charge on any atom is 0.265 e. The molecule has 0 saturated heterocycles. The highest BCUT2D eigenvalue weighted by molar-refractivity contribution is 6.31. The molecule has 0 radical (unpaired) electrons. The molecule has 0 N–H and O–H groups in total. The predicted molar refractivity (Wildman–Crippen MR) is 111 cm³/mol. The minimum absolute atomic E-state index is 0.204. The van der Waals surface area contributed by atoms with Crippen LogP contribution in [0.1, 0.15) is 6.92 Å². The fourth-order valence-corrected chi connectivity index (χ4v) is 3.24. The van der Waals surface area contributed by atoms with E-state index in [-0.39, 0.29) is 18.1 Å². The zero-order valence-electron chi connectivity index (χ0n) is 15.9. The minimum atomic E-state index is -0.271. The third-order valence-corrected chi connectivity index (χ3v) is 4.75. The van der Waals surface area contributed by atoms with E-state index < -0.39 is 0 Å². The number of anilines is 1. The van der Waals surface area contributed by atoms with Crippen LogP contribution in [-0.2, 0) is 11.8 Å². The third kappa shape index (κ3) is 3.82. The molecular weight excluding hydrogens is 380 g/mol. The third-order valence-electron chi connectivity index (χ3n) is 4.52. The van der Waals surface area contributed by atoms with Gasteiger partial charge < -0.3 is 18.9 Å². The Hall–Kier alpha value is -2.99. The van der Waals surface area contributed by atoms with Gasteiger partial charge in [0.15, 0.2) is 6.61 Å². The highest BCUT2D eigenvalue weighted by Crippen LogP contribution is 2.31. The average molecular weight is 401 g/mol. The van der Waals surface area contributed by atoms with E-state index in [0.717, 1.165) is 10.9 Å². The number of pyridine rings is 1. The predicted octanol–water partition coefficient (Wildman–Crippen LogP) is 3.63. The summed E-state index contributed by atoms with van der Waals surface area (Å²) in [7, 11) is 3.23. The fraction of sp³-hybridized carbons (Fsp3) is 0.238. The lowest BCUT2D eigenvalue weighted by Crippen LogP contribution is -2.35. The number of nitrogens with zero attached hydrogens (tertiary/aromatic N) is 2. The van der Waals surface area contributed by atoms with Crippen molar-refractivity contribution in [2.24, 2.45) is 7.05 Å². The summed E-state index contributed by atoms with van der Waals surface area (Å²) in [4.78, 5) is 26.6. The summed E-state index contributed by atoms with van der Waals surface area (Å²) in [6.07, 6.45) is 0. The SMILES string of the molecule is CCN(C(=O)COc1cc(=O)n(C)c2ccccc12)c1cc(Cl)ccc1OC. The van der Waals surface area contributed by atoms with E-state index in [2.05, 4.69) is 0 Å². The molecule has 2 aromatic carbocycles. The van der Waals surface area contributed by atoms with Crippen molar-refractivity contribution in [2.45, 2.75) is 6.92 Å². The van der Waals surface area contributed by atoms with E-state index >= 15 is 0 Å². The van der Waals surface area contributed by atoms with Crippen LogP contribution in [0.2, 0.25) is 5.02 Å². The molecule has 1 aromatic heterocycles. The van der Waals surface area contributed by atoms with Crippen LogP contribution < -0.4 is 19.9 Å². The smallest absolute Gasteiger partial charge is 0.265 e. The molecule has 0 aliphatic heterocycles. The van der Waals surface area contributed by atoms with Gasteiger partial charge in [-0.3, -0.25) is 9.59 Å². The molecule has 3 rings (SSSR count). The van der Waals surface area contributed by atoms with Gasteiger partial charge in [-0.15, -0.1) is 0 Å². The van der Waals surface area contributed by atoms with Gasteiger partial charge in [0.2, 0.25) is 0 Å². The van der Waals surface area contributed by atoms with Gasteiger partial charge in [-0.25, -0.2) is 0 Å². The van der Waals surface area contributed by atoms with Crippen molar-refractivity contribution in [1.82, 2.24) is 4.57 Å². The lowest BCUT2D eigenvalue weighted by atomic mass is 10.2. The van der Waals surface area contributed by atoms with Crippen molar-refractivity contribution in [1.29, 1.82) is 0 Å². The highest BCUT2D eigenvalue weighted by Gasteiger charge is 2.19. The summed E-state index contributed by atoms with van der Waals surface area (Å²) in [5.74, 6) is 0.646. The number of methoxy groups -OCH3 is 1. The Balaban J connectivity index is 1.88. The first-order chi connectivity index (χ1) is 13.5. The quantitative estimate of drug-likeness (QED) is 0.634. The summed E-state index contributed by atoms with van der Waals surface area (Å²) in [6, 6.07) is 13.9. The van der Waals surface area contributed by atoms with Crippen LogP contribution in [0.25, 0.3) is 10.9 Å². The van der Waals surface area contributed by atoms with Crippen molar-refractivity contribution in [3.63, 3.8) is 0 Å². The van der Waals surface area contributed by atoms with Gasteiger partial charge in [-0.05, 0) is 37.3 Å². The molecule has 0 spiro atoms. The number of carbonyl (C=O) groups is 1. The molecular formula is C21H21ClN2O4. The average Bonchev–Trinajstić information content (AvgIpc) is 2.70. The Labute approximate surface area is 167 Å². The number of aromatic nitrogens is 1. The number of benzene rings is 2. The Kier molecular flexibility index (Phi) is 5.90. The van der Waals surface area contributed by atoms with E-state index in [0.29, 0.717) is 28.8 Å². The number of fused-ring (bicyclic) bond motifs is 1. The Bertz CT molecular complexity index is 1080. The molecule has 0 atom stereocenters. The number of halogens is 1. The van der Waals surface area contributed by atoms with Gasteiger partial charge in [-0.1, -0.05) is 23.7 Å². The molecule has 0 aliphatic carbocycles. The molecule has 1 heterocycles. The monoisotopic (exact) mass is 400 g/mol. The van der Waals surface area contributed by atoms with Crippen LogP contribution >= 0.6 is 11.6 Å². The van der Waals surface area contributed by atoms with Crippen molar-refractivity contribution in [2.75, 3.05) is 25.2 Å². The number of aryl methyl sites for hydroxylation is 1. The summed E-state index contributed by atoms with van der Waals surface area (Å²) < 4.78 is 12.6. The fourth-order valence-electron chi connectivity index (χ4n) is 3.07. The Morgan fingerprint density at radius 1 is 1.14 bits per heavy atom. The first-order valence-corrected chi connectivity index (χ1v) is 9.19. The van der Waals surface area contributed by atoms with E-state index in [1.54, 1.807) is 29.8 Å². The van der Waals surface area contributed by atoms with E-state index in [1.165, 1.54) is 18.1 Å². The van der Waals surface area contributed by atoms with E-state index in [4.69, 9.17) is 21.1 Å². The zero-order chi connectivity index (χ0) is 20.3. The number of rotatable bonds is 6. The molecule has 146 valence electrons. The van der Waals surface area contributed by atoms with Crippen molar-refractivity contribution >= 4 is 34.1 Å². The number of hydrogen-bond donors (Lipinski definition) is 0. The van der Waals surface area contributed by atoms with Crippen molar-refractivity contribution in [3.05, 3.63) is 63.9 Å². The van der Waals surface area contributed by atoms with Crippen LogP contribution in [0.5, 0.6) is 11.5 Å². The van der Waals surface area contributed by atoms with Gasteiger partial charge in [-0.2, -0.15) is 0 Å². The van der Waals surface area contributed by atoms with E-state index in [1.807, 2.05) is 31.2 Å². The second kappa shape index (κ2) is 8.35. The molecule has 0 saturated carbocycles. The first-order valence-electron chi connectivity index (χ1n) is 8.81. The van der Waals surface area contributed by atoms with Gasteiger partial charge in [0.25, 0.3) is 11.5 Å². The highest BCUT2D eigenvalue weighted by atomic mass is 35.5. The number of amides is 1. The van der Waals surface area contributed by atoms with Gasteiger partial charge in [0.05, 0.1) is 18.3 Å². The second-order valence-electron chi connectivity index (χ2n) is 6.17. The normalized spacial score (nSPS) is 10.7. The lowest BCUT2D eigenvalue weighted by molar-refractivity contribution is -0.120. The van der Waals surface area contributed by atoms with Crippen LogP contribution in [-0.4, -0.2) is 30.7 Å². The molecule has 3 aromatic rings. The molecule has 0 fully saturated rings. The molecule has 0 unspecified atom stereocenters. The number of hydrogen-bond acceptors (Lipinski definition) is 4. The second-order valence-corrected chi connectivity index (χ2v) is 6.60. The Morgan fingerprint density at radius 2 is 1.89 bits per heavy atom. The van der Waals surface area contributed by atoms with Crippen LogP contribution in [0.4, 0.5) is 5.69 Å². The molecule has 0 aliphatic rings. The minimum Gasteiger partial charge on any atom is -0.495 e. The zero-order valence-corrected chi connectivity index (χ0v) is 16.7. The summed E-state index contributed by atoms with van der Waals surface area (Å²) in [5, 5.41) is 1.27. The Morgan fingerprint density at radius 3 is 2.61 bits per heavy atom. The van der Waals surface area contributed by atoms with Gasteiger partial charge >= 0.3 is 0 Å². The van der Waals surface area contributed by atoms with Crippen LogP contribution in [0.15, 0.2) is 53.3 Å². The largest absolute Gasteiger partial charge is 0.495 e. The molecule has 1 amide bonds. The van der Waals surface area contributed by atoms with Crippen LogP contribution in [0.3, 0.4) is 0 Å². The van der Waals surface area contributed by atoms with Gasteiger partial charge in [0.1, 0.15) is 11.5 Å². The topological polar surface area (TPSA) is 60.8 Å². The summed E-state index contributed by atoms with van der Waals surface area (Å²) in [5.41, 5.74) is 1.10. The van der Waals surface area contributed by atoms with Crippen LogP contribution in [0, 0.1) is 0 Å². The number of para-hydroxylation sites is 1. The van der Waals surface area contributed by atoms with Gasteiger partial charge in [0, 0.05) is 30.1 Å². The number of likely N-dealkylation sites (N-methyl/N-ethyl adjacent to an activating group) is 1. The number of carbonyl (C=O) groups excluding carboxylic acids is 1. The molecule has 7 heteroatoms. The molecule has 6 nitrogen and oxygen atoms in total. The van der Waals surface area contributed by atoms with Crippen molar-refractivity contribution in [3.8, 4) is 11.5 Å². The van der Waals surface area contributed by atoms with E-state index in [9.17, 15) is 9.59 Å². The standard InChI is InChI=1S/C21H21ClN2O4/c1-4-24(17-11-14(22)9-10-18(17)27-3)21(26)13-28-19-12-20(25)23(2)16-8-6-5-7-15(16)19/h5-12H,4,13H2,1-3H3. The maximum atomic E-state index is 12.8. The number of ether oxygens (including phenoxy) is 2.